The van der Waals surface area contributed by atoms with Crippen molar-refractivity contribution >= 4 is 16.6 Å². The van der Waals surface area contributed by atoms with Crippen molar-refractivity contribution in [2.24, 2.45) is 0 Å². The first-order valence-electron chi connectivity index (χ1n) is 9.15. The van der Waals surface area contributed by atoms with Gasteiger partial charge in [-0.05, 0) is 13.0 Å². The Balaban J connectivity index is 1.70. The molecule has 4 rings (SSSR count). The van der Waals surface area contributed by atoms with E-state index in [-0.39, 0.29) is 0 Å². The lowest BCUT2D eigenvalue weighted by molar-refractivity contribution is 0.258. The van der Waals surface area contributed by atoms with Gasteiger partial charge in [-0.25, -0.2) is 0 Å². The van der Waals surface area contributed by atoms with Crippen LogP contribution in [0.5, 0.6) is 0 Å². The Morgan fingerprint density at radius 3 is 2.20 bits per heavy atom. The van der Waals surface area contributed by atoms with E-state index in [0.29, 0.717) is 0 Å². The number of aromatic nitrogens is 2. The van der Waals surface area contributed by atoms with Crippen molar-refractivity contribution < 1.29 is 0 Å². The lowest BCUT2D eigenvalue weighted by atomic mass is 10.0. The van der Waals surface area contributed by atoms with Crippen molar-refractivity contribution in [2.45, 2.75) is 13.3 Å². The molecule has 3 aromatic rings. The van der Waals surface area contributed by atoms with Crippen molar-refractivity contribution in [3.63, 3.8) is 0 Å². The van der Waals surface area contributed by atoms with Crippen LogP contribution in [0.1, 0.15) is 13.3 Å². The summed E-state index contributed by atoms with van der Waals surface area (Å²) in [6.45, 7) is 7.67. The molecule has 0 saturated carbocycles. The Morgan fingerprint density at radius 2 is 1.48 bits per heavy atom. The van der Waals surface area contributed by atoms with Crippen molar-refractivity contribution in [1.82, 2.24) is 15.1 Å². The molecule has 0 aliphatic carbocycles. The van der Waals surface area contributed by atoms with Crippen molar-refractivity contribution in [3.05, 3.63) is 54.6 Å². The second kappa shape index (κ2) is 7.19. The normalized spacial score (nSPS) is 15.6. The van der Waals surface area contributed by atoms with Gasteiger partial charge in [-0.15, -0.1) is 10.2 Å². The standard InChI is InChI=1S/C21H24N4/c1-2-12-24-13-15-25(16-14-24)21-19-11-7-6-10-18(19)20(22-23-21)17-8-4-3-5-9-17/h3-11H,2,12-16H2,1H3. The van der Waals surface area contributed by atoms with Gasteiger partial charge in [0, 0.05) is 42.5 Å². The van der Waals surface area contributed by atoms with Crippen LogP contribution in [-0.4, -0.2) is 47.8 Å². The first-order valence-corrected chi connectivity index (χ1v) is 9.15. The fraction of sp³-hybridized carbons (Fsp3) is 0.333. The molecule has 0 amide bonds. The topological polar surface area (TPSA) is 32.3 Å². The van der Waals surface area contributed by atoms with Gasteiger partial charge < -0.3 is 4.90 Å². The third-order valence-electron chi connectivity index (χ3n) is 4.93. The van der Waals surface area contributed by atoms with Crippen LogP contribution in [0.4, 0.5) is 5.82 Å². The van der Waals surface area contributed by atoms with E-state index < -0.39 is 0 Å². The second-order valence-electron chi connectivity index (χ2n) is 6.61. The minimum atomic E-state index is 0.963. The Hall–Kier alpha value is -2.46. The highest BCUT2D eigenvalue weighted by molar-refractivity contribution is 6.00. The van der Waals surface area contributed by atoms with Gasteiger partial charge in [-0.2, -0.15) is 0 Å². The molecule has 0 radical (unpaired) electrons. The predicted octanol–water partition coefficient (Wildman–Crippen LogP) is 3.83. The molecule has 2 heterocycles. The number of piperazine rings is 1. The zero-order chi connectivity index (χ0) is 17.1. The van der Waals surface area contributed by atoms with Crippen LogP contribution < -0.4 is 4.90 Å². The van der Waals surface area contributed by atoms with Gasteiger partial charge >= 0.3 is 0 Å². The summed E-state index contributed by atoms with van der Waals surface area (Å²) in [4.78, 5) is 4.92. The molecule has 0 unspecified atom stereocenters. The monoisotopic (exact) mass is 332 g/mol. The maximum atomic E-state index is 4.64. The molecule has 1 aromatic heterocycles. The smallest absolute Gasteiger partial charge is 0.159 e. The Labute approximate surface area is 149 Å². The van der Waals surface area contributed by atoms with E-state index in [1.54, 1.807) is 0 Å². The predicted molar refractivity (Wildman–Crippen MR) is 104 cm³/mol. The summed E-state index contributed by atoms with van der Waals surface area (Å²) in [7, 11) is 0. The quantitative estimate of drug-likeness (QED) is 0.727. The third kappa shape index (κ3) is 3.22. The molecule has 0 bridgehead atoms. The second-order valence-corrected chi connectivity index (χ2v) is 6.61. The summed E-state index contributed by atoms with van der Waals surface area (Å²) in [6, 6.07) is 18.8. The summed E-state index contributed by atoms with van der Waals surface area (Å²) in [5, 5.41) is 11.6. The summed E-state index contributed by atoms with van der Waals surface area (Å²) in [6.07, 6.45) is 1.22. The minimum absolute atomic E-state index is 0.963. The van der Waals surface area contributed by atoms with Crippen LogP contribution in [-0.2, 0) is 0 Å². The van der Waals surface area contributed by atoms with E-state index in [1.807, 2.05) is 18.2 Å². The molecule has 2 aromatic carbocycles. The number of hydrogen-bond donors (Lipinski definition) is 0. The van der Waals surface area contributed by atoms with E-state index in [2.05, 4.69) is 63.3 Å². The molecule has 4 nitrogen and oxygen atoms in total. The number of rotatable bonds is 4. The van der Waals surface area contributed by atoms with Gasteiger partial charge in [-0.1, -0.05) is 61.5 Å². The molecule has 0 spiro atoms. The van der Waals surface area contributed by atoms with Crippen LogP contribution in [0.2, 0.25) is 0 Å². The number of anilines is 1. The van der Waals surface area contributed by atoms with Crippen LogP contribution in [0.25, 0.3) is 22.0 Å². The summed E-state index contributed by atoms with van der Waals surface area (Å²) >= 11 is 0. The lowest BCUT2D eigenvalue weighted by Crippen LogP contribution is -2.47. The molecule has 1 aliphatic heterocycles. The van der Waals surface area contributed by atoms with Crippen LogP contribution >= 0.6 is 0 Å². The van der Waals surface area contributed by atoms with E-state index in [0.717, 1.165) is 43.3 Å². The number of fused-ring (bicyclic) bond motifs is 1. The molecular weight excluding hydrogens is 308 g/mol. The minimum Gasteiger partial charge on any atom is -0.352 e. The summed E-state index contributed by atoms with van der Waals surface area (Å²) in [5.74, 6) is 1.02. The van der Waals surface area contributed by atoms with E-state index in [9.17, 15) is 0 Å². The fourth-order valence-electron chi connectivity index (χ4n) is 3.63. The summed E-state index contributed by atoms with van der Waals surface area (Å²) < 4.78 is 0. The first-order chi connectivity index (χ1) is 12.4. The van der Waals surface area contributed by atoms with Crippen LogP contribution in [0.15, 0.2) is 54.6 Å². The molecule has 0 N–H and O–H groups in total. The van der Waals surface area contributed by atoms with Gasteiger partial charge in [0.1, 0.15) is 5.69 Å². The first kappa shape index (κ1) is 16.0. The fourth-order valence-corrected chi connectivity index (χ4v) is 3.63. The zero-order valence-electron chi connectivity index (χ0n) is 14.7. The summed E-state index contributed by atoms with van der Waals surface area (Å²) in [5.41, 5.74) is 2.08. The van der Waals surface area contributed by atoms with Gasteiger partial charge in [-0.3, -0.25) is 4.90 Å². The molecule has 1 aliphatic rings. The SMILES string of the molecule is CCCN1CCN(c2nnc(-c3ccccc3)c3ccccc23)CC1. The molecule has 0 atom stereocenters. The van der Waals surface area contributed by atoms with Crippen LogP contribution in [0, 0.1) is 0 Å². The molecule has 25 heavy (non-hydrogen) atoms. The zero-order valence-corrected chi connectivity index (χ0v) is 14.7. The van der Waals surface area contributed by atoms with E-state index in [1.165, 1.54) is 23.7 Å². The third-order valence-corrected chi connectivity index (χ3v) is 4.93. The Morgan fingerprint density at radius 1 is 0.800 bits per heavy atom. The van der Waals surface area contributed by atoms with Crippen LogP contribution in [0.3, 0.4) is 0 Å². The maximum Gasteiger partial charge on any atom is 0.159 e. The molecule has 128 valence electrons. The van der Waals surface area contributed by atoms with Gasteiger partial charge in [0.25, 0.3) is 0 Å². The average Bonchev–Trinajstić information content (AvgIpc) is 2.69. The molecule has 1 fully saturated rings. The highest BCUT2D eigenvalue weighted by atomic mass is 15.3. The van der Waals surface area contributed by atoms with E-state index in [4.69, 9.17) is 0 Å². The maximum absolute atomic E-state index is 4.64. The van der Waals surface area contributed by atoms with Gasteiger partial charge in [0.15, 0.2) is 5.82 Å². The number of hydrogen-bond acceptors (Lipinski definition) is 4. The van der Waals surface area contributed by atoms with E-state index >= 15 is 0 Å². The van der Waals surface area contributed by atoms with Crippen molar-refractivity contribution in [2.75, 3.05) is 37.6 Å². The number of nitrogens with zero attached hydrogens (tertiary/aromatic N) is 4. The highest BCUT2D eigenvalue weighted by Crippen LogP contribution is 2.31. The Kier molecular flexibility index (Phi) is 4.61. The molecular formula is C21H24N4. The molecule has 1 saturated heterocycles. The highest BCUT2D eigenvalue weighted by Gasteiger charge is 2.20. The largest absolute Gasteiger partial charge is 0.352 e. The Bertz CT molecular complexity index is 839. The van der Waals surface area contributed by atoms with Gasteiger partial charge in [0.2, 0.25) is 0 Å². The average molecular weight is 332 g/mol. The van der Waals surface area contributed by atoms with Crippen molar-refractivity contribution in [1.29, 1.82) is 0 Å². The van der Waals surface area contributed by atoms with Crippen molar-refractivity contribution in [3.8, 4) is 11.3 Å². The molecule has 4 heteroatoms. The lowest BCUT2D eigenvalue weighted by Gasteiger charge is -2.35. The van der Waals surface area contributed by atoms with Gasteiger partial charge in [0.05, 0.1) is 0 Å². The number of benzene rings is 2.